The zero-order valence-corrected chi connectivity index (χ0v) is 30.4. The number of hydrogen-bond donors (Lipinski definition) is 0. The first-order chi connectivity index (χ1) is 28.3. The number of fused-ring (bicyclic) bond motifs is 16. The number of benzene rings is 6. The van der Waals surface area contributed by atoms with Crippen LogP contribution in [0.1, 0.15) is 22.3 Å². The van der Waals surface area contributed by atoms with Gasteiger partial charge in [0.15, 0.2) is 5.82 Å². The van der Waals surface area contributed by atoms with Crippen molar-refractivity contribution in [2.24, 2.45) is 0 Å². The number of pyridine rings is 2. The van der Waals surface area contributed by atoms with Gasteiger partial charge in [-0.15, -0.1) is 0 Å². The van der Waals surface area contributed by atoms with Crippen molar-refractivity contribution in [2.75, 3.05) is 0 Å². The van der Waals surface area contributed by atoms with Crippen LogP contribution in [0.3, 0.4) is 0 Å². The van der Waals surface area contributed by atoms with Crippen molar-refractivity contribution >= 4 is 43.9 Å². The highest BCUT2D eigenvalue weighted by Crippen LogP contribution is 2.63. The molecule has 0 bridgehead atoms. The summed E-state index contributed by atoms with van der Waals surface area (Å²) in [5, 5.41) is 4.23. The van der Waals surface area contributed by atoms with Gasteiger partial charge in [0.1, 0.15) is 11.3 Å². The third-order valence-electron chi connectivity index (χ3n) is 12.1. The van der Waals surface area contributed by atoms with E-state index in [0.717, 1.165) is 49.4 Å². The molecule has 6 aromatic carbocycles. The average Bonchev–Trinajstić information content (AvgIpc) is 3.98. The number of rotatable bonds is 3. The van der Waals surface area contributed by atoms with Crippen molar-refractivity contribution < 1.29 is 0 Å². The number of hydrogen-bond acceptors (Lipinski definition) is 5. The van der Waals surface area contributed by atoms with Gasteiger partial charge < -0.3 is 0 Å². The minimum Gasteiger partial charge on any atom is -0.278 e. The summed E-state index contributed by atoms with van der Waals surface area (Å²) in [5.41, 5.74) is 14.0. The SMILES string of the molecule is c1ccc2c(c1)-c1ccccc1C21c2ccccc2-c2ccc(-c3nc(-n4c5ccccc5c5ccccc54)nc(-n4c5ncccc5c5cccnc54)n3)cc21. The van der Waals surface area contributed by atoms with Crippen LogP contribution in [-0.2, 0) is 5.41 Å². The van der Waals surface area contributed by atoms with Crippen molar-refractivity contribution in [2.45, 2.75) is 5.41 Å². The van der Waals surface area contributed by atoms with Crippen LogP contribution in [0.2, 0.25) is 0 Å². The summed E-state index contributed by atoms with van der Waals surface area (Å²) in [6, 6.07) is 58.3. The van der Waals surface area contributed by atoms with Crippen LogP contribution in [0.4, 0.5) is 0 Å². The summed E-state index contributed by atoms with van der Waals surface area (Å²) in [4.78, 5) is 25.8. The van der Waals surface area contributed by atoms with Gasteiger partial charge >= 0.3 is 0 Å². The van der Waals surface area contributed by atoms with Gasteiger partial charge in [0.25, 0.3) is 0 Å². The Morgan fingerprint density at radius 3 is 1.39 bits per heavy atom. The molecule has 1 spiro atoms. The Bertz CT molecular complexity index is 3200. The molecule has 57 heavy (non-hydrogen) atoms. The lowest BCUT2D eigenvalue weighted by atomic mass is 9.70. The lowest BCUT2D eigenvalue weighted by Gasteiger charge is -2.30. The van der Waals surface area contributed by atoms with Crippen LogP contribution in [0.25, 0.3) is 89.4 Å². The summed E-state index contributed by atoms with van der Waals surface area (Å²) in [7, 11) is 0. The molecule has 5 aromatic heterocycles. The molecule has 264 valence electrons. The van der Waals surface area contributed by atoms with Crippen LogP contribution < -0.4 is 0 Å². The van der Waals surface area contributed by atoms with Gasteiger partial charge in [0.2, 0.25) is 11.9 Å². The van der Waals surface area contributed by atoms with E-state index < -0.39 is 5.41 Å². The fourth-order valence-corrected chi connectivity index (χ4v) is 9.92. The molecular formula is C50H29N7. The fraction of sp³-hybridized carbons (Fsp3) is 0.0200. The molecule has 0 N–H and O–H groups in total. The van der Waals surface area contributed by atoms with E-state index in [4.69, 9.17) is 24.9 Å². The summed E-state index contributed by atoms with van der Waals surface area (Å²) >= 11 is 0. The first-order valence-electron chi connectivity index (χ1n) is 19.2. The smallest absolute Gasteiger partial charge is 0.242 e. The zero-order valence-electron chi connectivity index (χ0n) is 30.4. The van der Waals surface area contributed by atoms with Crippen molar-refractivity contribution in [3.05, 3.63) is 198 Å². The molecule has 2 aliphatic carbocycles. The average molecular weight is 728 g/mol. The topological polar surface area (TPSA) is 74.3 Å². The van der Waals surface area contributed by atoms with Crippen molar-refractivity contribution in [1.82, 2.24) is 34.1 Å². The molecule has 0 atom stereocenters. The normalized spacial score (nSPS) is 13.4. The molecule has 0 unspecified atom stereocenters. The Morgan fingerprint density at radius 2 is 0.825 bits per heavy atom. The molecule has 0 fully saturated rings. The van der Waals surface area contributed by atoms with E-state index in [-0.39, 0.29) is 0 Å². The summed E-state index contributed by atoms with van der Waals surface area (Å²) < 4.78 is 4.13. The van der Waals surface area contributed by atoms with Gasteiger partial charge in [-0.25, -0.2) is 14.5 Å². The second-order valence-corrected chi connectivity index (χ2v) is 14.9. The van der Waals surface area contributed by atoms with Crippen LogP contribution in [0.5, 0.6) is 0 Å². The standard InChI is InChI=1S/C50H29N7/c1-6-20-39-31(13-1)32-14-2-7-21-40(32)50(39)41-22-8-3-15-33(41)34-26-25-30(29-42(34)50)45-53-48(56-43-23-9-4-16-35(43)36-17-5-10-24-44(36)56)55-49(54-45)57-46-37(18-11-27-51-46)38-19-12-28-52-47(38)57/h1-29H. The van der Waals surface area contributed by atoms with Gasteiger partial charge in [-0.3, -0.25) is 4.57 Å². The molecule has 13 rings (SSSR count). The molecule has 2 aliphatic rings. The second-order valence-electron chi connectivity index (χ2n) is 14.9. The van der Waals surface area contributed by atoms with E-state index in [0.29, 0.717) is 17.7 Å². The maximum Gasteiger partial charge on any atom is 0.242 e. The quantitative estimate of drug-likeness (QED) is 0.181. The van der Waals surface area contributed by atoms with Gasteiger partial charge in [-0.05, 0) is 87.0 Å². The van der Waals surface area contributed by atoms with E-state index in [1.165, 1.54) is 44.5 Å². The van der Waals surface area contributed by atoms with Crippen molar-refractivity contribution in [1.29, 1.82) is 0 Å². The largest absolute Gasteiger partial charge is 0.278 e. The maximum atomic E-state index is 5.38. The van der Waals surface area contributed by atoms with Crippen molar-refractivity contribution in [3.63, 3.8) is 0 Å². The molecule has 0 saturated carbocycles. The summed E-state index contributed by atoms with van der Waals surface area (Å²) in [6.45, 7) is 0. The lowest BCUT2D eigenvalue weighted by molar-refractivity contribution is 0.793. The van der Waals surface area contributed by atoms with E-state index in [1.54, 1.807) is 0 Å². The van der Waals surface area contributed by atoms with Gasteiger partial charge in [-0.2, -0.15) is 15.0 Å². The van der Waals surface area contributed by atoms with Gasteiger partial charge in [-0.1, -0.05) is 121 Å². The maximum absolute atomic E-state index is 5.38. The summed E-state index contributed by atoms with van der Waals surface area (Å²) in [6.07, 6.45) is 3.62. The fourth-order valence-electron chi connectivity index (χ4n) is 9.92. The third-order valence-corrected chi connectivity index (χ3v) is 12.1. The Morgan fingerprint density at radius 1 is 0.368 bits per heavy atom. The number of aromatic nitrogens is 7. The Balaban J connectivity index is 1.13. The van der Waals surface area contributed by atoms with Crippen LogP contribution >= 0.6 is 0 Å². The van der Waals surface area contributed by atoms with E-state index in [2.05, 4.69) is 156 Å². The molecule has 5 heterocycles. The molecule has 11 aromatic rings. The summed E-state index contributed by atoms with van der Waals surface area (Å²) in [5.74, 6) is 1.53. The minimum atomic E-state index is -0.499. The monoisotopic (exact) mass is 727 g/mol. The molecule has 7 nitrogen and oxygen atoms in total. The minimum absolute atomic E-state index is 0.448. The number of para-hydroxylation sites is 2. The second kappa shape index (κ2) is 11.1. The Hall–Kier alpha value is -7.77. The van der Waals surface area contributed by atoms with E-state index in [1.807, 2.05) is 29.1 Å². The van der Waals surface area contributed by atoms with Gasteiger partial charge in [0, 0.05) is 39.5 Å². The number of nitrogens with zero attached hydrogens (tertiary/aromatic N) is 7. The highest BCUT2D eigenvalue weighted by Gasteiger charge is 2.51. The predicted molar refractivity (Wildman–Crippen MR) is 226 cm³/mol. The van der Waals surface area contributed by atoms with Crippen LogP contribution in [-0.4, -0.2) is 34.1 Å². The molecule has 0 amide bonds. The highest BCUT2D eigenvalue weighted by molar-refractivity contribution is 6.09. The molecule has 7 heteroatoms. The highest BCUT2D eigenvalue weighted by atomic mass is 15.3. The molecule has 0 aliphatic heterocycles. The zero-order chi connectivity index (χ0) is 37.2. The Labute approximate surface area is 326 Å². The van der Waals surface area contributed by atoms with E-state index in [9.17, 15) is 0 Å². The Kier molecular flexibility index (Phi) is 5.97. The van der Waals surface area contributed by atoms with Crippen LogP contribution in [0.15, 0.2) is 176 Å². The molecular weight excluding hydrogens is 699 g/mol. The van der Waals surface area contributed by atoms with Gasteiger partial charge in [0.05, 0.1) is 16.4 Å². The molecule has 0 saturated heterocycles. The van der Waals surface area contributed by atoms with Crippen LogP contribution in [0, 0.1) is 0 Å². The lowest BCUT2D eigenvalue weighted by Crippen LogP contribution is -2.25. The third kappa shape index (κ3) is 3.92. The van der Waals surface area contributed by atoms with E-state index >= 15 is 0 Å². The first-order valence-corrected chi connectivity index (χ1v) is 19.2. The molecule has 0 radical (unpaired) electrons. The first kappa shape index (κ1) is 30.5. The van der Waals surface area contributed by atoms with Crippen molar-refractivity contribution in [3.8, 4) is 45.5 Å². The predicted octanol–water partition coefficient (Wildman–Crippen LogP) is 10.9.